The van der Waals surface area contributed by atoms with E-state index in [2.05, 4.69) is 4.90 Å². The molecule has 0 aliphatic carbocycles. The summed E-state index contributed by atoms with van der Waals surface area (Å²) in [6, 6.07) is 7.24. The Morgan fingerprint density at radius 3 is 2.44 bits per heavy atom. The lowest BCUT2D eigenvalue weighted by molar-refractivity contribution is 0.577. The molecule has 0 bridgehead atoms. The van der Waals surface area contributed by atoms with E-state index in [0.29, 0.717) is 4.90 Å². The number of hydrogen-bond donors (Lipinski definition) is 0. The minimum Gasteiger partial charge on any atom is -0.372 e. The van der Waals surface area contributed by atoms with Crippen molar-refractivity contribution in [3.8, 4) is 0 Å². The van der Waals surface area contributed by atoms with Crippen molar-refractivity contribution in [2.75, 3.05) is 24.2 Å². The highest BCUT2D eigenvalue weighted by Gasteiger charge is 2.13. The third-order valence-corrected chi connectivity index (χ3v) is 4.08. The van der Waals surface area contributed by atoms with Gasteiger partial charge in [-0.25, -0.2) is 8.42 Å². The van der Waals surface area contributed by atoms with E-state index in [-0.39, 0.29) is 0 Å². The van der Waals surface area contributed by atoms with Gasteiger partial charge in [0.2, 0.25) is 0 Å². The first kappa shape index (κ1) is 11.5. The summed E-state index contributed by atoms with van der Waals surface area (Å²) < 4.78 is 22.9. The molecule has 0 saturated carbocycles. The molecule has 0 unspecified atom stereocenters. The van der Waals surface area contributed by atoms with Crippen LogP contribution in [0.25, 0.3) is 0 Å². The standard InChI is InChI=1S/C12H17NO2S/c1-16(14,15)12-7-5-6-11(10-12)13-8-3-2-4-9-13/h5-7,10H,2-4,8-9H2,1H3. The van der Waals surface area contributed by atoms with Crippen molar-refractivity contribution >= 4 is 15.5 Å². The number of rotatable bonds is 2. The molecular weight excluding hydrogens is 222 g/mol. The highest BCUT2D eigenvalue weighted by molar-refractivity contribution is 7.90. The van der Waals surface area contributed by atoms with Crippen LogP contribution in [-0.2, 0) is 9.84 Å². The molecule has 1 fully saturated rings. The van der Waals surface area contributed by atoms with Crippen molar-refractivity contribution in [1.29, 1.82) is 0 Å². The van der Waals surface area contributed by atoms with Crippen molar-refractivity contribution in [1.82, 2.24) is 0 Å². The van der Waals surface area contributed by atoms with Gasteiger partial charge in [0.1, 0.15) is 0 Å². The predicted molar refractivity (Wildman–Crippen MR) is 65.6 cm³/mol. The number of piperidine rings is 1. The van der Waals surface area contributed by atoms with E-state index in [1.165, 1.54) is 25.5 Å². The molecule has 1 heterocycles. The third kappa shape index (κ3) is 2.55. The predicted octanol–water partition coefficient (Wildman–Crippen LogP) is 2.08. The molecule has 3 nitrogen and oxygen atoms in total. The number of benzene rings is 1. The van der Waals surface area contributed by atoms with Crippen molar-refractivity contribution in [3.63, 3.8) is 0 Å². The molecule has 1 saturated heterocycles. The fraction of sp³-hybridized carbons (Fsp3) is 0.500. The van der Waals surface area contributed by atoms with Crippen molar-refractivity contribution < 1.29 is 8.42 Å². The molecule has 0 atom stereocenters. The molecule has 0 radical (unpaired) electrons. The number of hydrogen-bond acceptors (Lipinski definition) is 3. The molecule has 1 aromatic rings. The Morgan fingerprint density at radius 1 is 1.12 bits per heavy atom. The van der Waals surface area contributed by atoms with Gasteiger partial charge in [0.05, 0.1) is 4.90 Å². The minimum absolute atomic E-state index is 0.413. The Labute approximate surface area is 97.0 Å². The van der Waals surface area contributed by atoms with Gasteiger partial charge in [-0.2, -0.15) is 0 Å². The second-order valence-electron chi connectivity index (χ2n) is 4.32. The summed E-state index contributed by atoms with van der Waals surface area (Å²) in [5.74, 6) is 0. The van der Waals surface area contributed by atoms with E-state index < -0.39 is 9.84 Å². The quantitative estimate of drug-likeness (QED) is 0.793. The van der Waals surface area contributed by atoms with Crippen LogP contribution in [0, 0.1) is 0 Å². The van der Waals surface area contributed by atoms with Crippen molar-refractivity contribution in [2.24, 2.45) is 0 Å². The topological polar surface area (TPSA) is 37.4 Å². The van der Waals surface area contributed by atoms with Crippen LogP contribution < -0.4 is 4.90 Å². The van der Waals surface area contributed by atoms with Crippen molar-refractivity contribution in [3.05, 3.63) is 24.3 Å². The molecule has 0 aromatic heterocycles. The number of sulfone groups is 1. The van der Waals surface area contributed by atoms with Gasteiger partial charge in [0.25, 0.3) is 0 Å². The third-order valence-electron chi connectivity index (χ3n) is 2.97. The maximum atomic E-state index is 11.4. The van der Waals surface area contributed by atoms with E-state index in [1.54, 1.807) is 12.1 Å². The first-order valence-electron chi connectivity index (χ1n) is 5.62. The Kier molecular flexibility index (Phi) is 3.19. The SMILES string of the molecule is CS(=O)(=O)c1cccc(N2CCCCC2)c1. The summed E-state index contributed by atoms with van der Waals surface area (Å²) >= 11 is 0. The molecule has 1 aromatic carbocycles. The summed E-state index contributed by atoms with van der Waals surface area (Å²) in [6.07, 6.45) is 4.93. The lowest BCUT2D eigenvalue weighted by Gasteiger charge is -2.29. The second-order valence-corrected chi connectivity index (χ2v) is 6.33. The molecule has 0 spiro atoms. The van der Waals surface area contributed by atoms with Crippen LogP contribution in [0.4, 0.5) is 5.69 Å². The highest BCUT2D eigenvalue weighted by atomic mass is 32.2. The van der Waals surface area contributed by atoms with Crippen LogP contribution in [0.5, 0.6) is 0 Å². The van der Waals surface area contributed by atoms with E-state index in [1.807, 2.05) is 12.1 Å². The smallest absolute Gasteiger partial charge is 0.175 e. The molecule has 88 valence electrons. The van der Waals surface area contributed by atoms with Crippen LogP contribution in [0.1, 0.15) is 19.3 Å². The van der Waals surface area contributed by atoms with Crippen LogP contribution >= 0.6 is 0 Å². The molecule has 0 N–H and O–H groups in total. The molecular formula is C12H17NO2S. The summed E-state index contributed by atoms with van der Waals surface area (Å²) in [7, 11) is -3.09. The lowest BCUT2D eigenvalue weighted by atomic mass is 10.1. The first-order valence-corrected chi connectivity index (χ1v) is 7.51. The highest BCUT2D eigenvalue weighted by Crippen LogP contribution is 2.22. The zero-order chi connectivity index (χ0) is 11.6. The first-order chi connectivity index (χ1) is 7.57. The number of anilines is 1. The maximum absolute atomic E-state index is 11.4. The monoisotopic (exact) mass is 239 g/mol. The van der Waals surface area contributed by atoms with E-state index in [9.17, 15) is 8.42 Å². The van der Waals surface area contributed by atoms with Gasteiger partial charge in [-0.15, -0.1) is 0 Å². The molecule has 2 rings (SSSR count). The van der Waals surface area contributed by atoms with E-state index >= 15 is 0 Å². The fourth-order valence-corrected chi connectivity index (χ4v) is 2.72. The Bertz CT molecular complexity index is 462. The average Bonchev–Trinajstić information content (AvgIpc) is 2.29. The van der Waals surface area contributed by atoms with E-state index in [4.69, 9.17) is 0 Å². The summed E-state index contributed by atoms with van der Waals surface area (Å²) in [6.45, 7) is 2.07. The van der Waals surface area contributed by atoms with E-state index in [0.717, 1.165) is 18.8 Å². The van der Waals surface area contributed by atoms with Crippen molar-refractivity contribution in [2.45, 2.75) is 24.2 Å². The molecule has 4 heteroatoms. The normalized spacial score (nSPS) is 17.4. The molecule has 1 aliphatic heterocycles. The average molecular weight is 239 g/mol. The summed E-state index contributed by atoms with van der Waals surface area (Å²) in [5, 5.41) is 0. The van der Waals surface area contributed by atoms with Crippen LogP contribution in [0.2, 0.25) is 0 Å². The van der Waals surface area contributed by atoms with Gasteiger partial charge >= 0.3 is 0 Å². The Morgan fingerprint density at radius 2 is 1.81 bits per heavy atom. The molecule has 0 amide bonds. The van der Waals surface area contributed by atoms with Gasteiger partial charge < -0.3 is 4.90 Å². The lowest BCUT2D eigenvalue weighted by Crippen LogP contribution is -2.29. The Balaban J connectivity index is 2.28. The fourth-order valence-electron chi connectivity index (χ4n) is 2.06. The van der Waals surface area contributed by atoms with Gasteiger partial charge in [-0.3, -0.25) is 0 Å². The van der Waals surface area contributed by atoms with Crippen LogP contribution in [-0.4, -0.2) is 27.8 Å². The van der Waals surface area contributed by atoms with Crippen LogP contribution in [0.3, 0.4) is 0 Å². The second kappa shape index (κ2) is 4.45. The zero-order valence-corrected chi connectivity index (χ0v) is 10.3. The zero-order valence-electron chi connectivity index (χ0n) is 9.52. The van der Waals surface area contributed by atoms with Gasteiger partial charge in [-0.1, -0.05) is 6.07 Å². The Hall–Kier alpha value is -1.03. The minimum atomic E-state index is -3.09. The summed E-state index contributed by atoms with van der Waals surface area (Å²) in [4.78, 5) is 2.67. The van der Waals surface area contributed by atoms with Gasteiger partial charge in [0, 0.05) is 25.0 Å². The largest absolute Gasteiger partial charge is 0.372 e. The van der Waals surface area contributed by atoms with Gasteiger partial charge in [-0.05, 0) is 37.5 Å². The van der Waals surface area contributed by atoms with Crippen LogP contribution in [0.15, 0.2) is 29.2 Å². The van der Waals surface area contributed by atoms with Gasteiger partial charge in [0.15, 0.2) is 9.84 Å². The molecule has 16 heavy (non-hydrogen) atoms. The summed E-state index contributed by atoms with van der Waals surface area (Å²) in [5.41, 5.74) is 1.03. The molecule has 1 aliphatic rings. The number of nitrogens with zero attached hydrogens (tertiary/aromatic N) is 1. The maximum Gasteiger partial charge on any atom is 0.175 e.